The molecule has 0 saturated carbocycles. The first kappa shape index (κ1) is 24.9. The molecule has 2 heterocycles. The number of piperazine rings is 1. The van der Waals surface area contributed by atoms with Gasteiger partial charge >= 0.3 is 6.09 Å². The Kier molecular flexibility index (Phi) is 9.03. The summed E-state index contributed by atoms with van der Waals surface area (Å²) in [7, 11) is 0. The highest BCUT2D eigenvalue weighted by Gasteiger charge is 2.23. The minimum absolute atomic E-state index is 0.00902. The van der Waals surface area contributed by atoms with Crippen molar-refractivity contribution < 1.29 is 19.1 Å². The zero-order chi connectivity index (χ0) is 23.8. The van der Waals surface area contributed by atoms with Gasteiger partial charge in [-0.3, -0.25) is 19.8 Å². The highest BCUT2D eigenvalue weighted by molar-refractivity contribution is 8.01. The first-order chi connectivity index (χ1) is 15.9. The van der Waals surface area contributed by atoms with Crippen LogP contribution in [0.5, 0.6) is 0 Å². The van der Waals surface area contributed by atoms with Crippen LogP contribution < -0.4 is 10.6 Å². The van der Waals surface area contributed by atoms with Gasteiger partial charge in [-0.2, -0.15) is 0 Å². The molecule has 3 amide bonds. The van der Waals surface area contributed by atoms with Crippen molar-refractivity contribution in [2.45, 2.75) is 25.1 Å². The maximum atomic E-state index is 12.6. The largest absolute Gasteiger partial charge is 0.450 e. The monoisotopic (exact) mass is 492 g/mol. The van der Waals surface area contributed by atoms with Crippen molar-refractivity contribution >= 4 is 51.8 Å². The fourth-order valence-electron chi connectivity index (χ4n) is 3.34. The summed E-state index contributed by atoms with van der Waals surface area (Å²) in [4.78, 5) is 40.3. The van der Waals surface area contributed by atoms with Crippen molar-refractivity contribution in [1.82, 2.24) is 20.0 Å². The molecular formula is C21H28N6O4S2. The average Bonchev–Trinajstić information content (AvgIpc) is 3.22. The van der Waals surface area contributed by atoms with Gasteiger partial charge in [0.15, 0.2) is 4.34 Å². The summed E-state index contributed by atoms with van der Waals surface area (Å²) in [6, 6.07) is 5.92. The summed E-state index contributed by atoms with van der Waals surface area (Å²) in [5.74, 6) is 0.196. The molecule has 1 aliphatic heterocycles. The van der Waals surface area contributed by atoms with E-state index in [0.717, 1.165) is 16.8 Å². The van der Waals surface area contributed by atoms with Crippen molar-refractivity contribution in [2.24, 2.45) is 0 Å². The van der Waals surface area contributed by atoms with Crippen LogP contribution in [0.3, 0.4) is 0 Å². The van der Waals surface area contributed by atoms with Crippen LogP contribution in [0.1, 0.15) is 18.1 Å². The topological polar surface area (TPSA) is 117 Å². The Morgan fingerprint density at radius 2 is 1.79 bits per heavy atom. The summed E-state index contributed by atoms with van der Waals surface area (Å²) in [5.41, 5.74) is 2.94. The number of carbonyl (C=O) groups excluding carboxylic acids is 3. The molecule has 1 aromatic carbocycles. The number of amides is 3. The number of nitrogens with zero attached hydrogens (tertiary/aromatic N) is 4. The van der Waals surface area contributed by atoms with E-state index in [1.54, 1.807) is 11.8 Å². The molecule has 3 rings (SSSR count). The van der Waals surface area contributed by atoms with E-state index >= 15 is 0 Å². The molecule has 178 valence electrons. The molecule has 0 aliphatic carbocycles. The first-order valence-corrected chi connectivity index (χ1v) is 12.4. The fraction of sp³-hybridized carbons (Fsp3) is 0.476. The molecule has 33 heavy (non-hydrogen) atoms. The molecule has 10 nitrogen and oxygen atoms in total. The third-order valence-corrected chi connectivity index (χ3v) is 7.00. The van der Waals surface area contributed by atoms with Crippen LogP contribution >= 0.6 is 23.1 Å². The first-order valence-electron chi connectivity index (χ1n) is 10.6. The van der Waals surface area contributed by atoms with Crippen LogP contribution in [-0.4, -0.2) is 83.0 Å². The Bertz CT molecular complexity index is 971. The lowest BCUT2D eigenvalue weighted by Gasteiger charge is -2.34. The number of benzene rings is 1. The Morgan fingerprint density at radius 1 is 1.09 bits per heavy atom. The number of para-hydroxylation sites is 1. The van der Waals surface area contributed by atoms with Crippen molar-refractivity contribution in [3.8, 4) is 0 Å². The Morgan fingerprint density at radius 3 is 2.45 bits per heavy atom. The second-order valence-corrected chi connectivity index (χ2v) is 9.68. The molecule has 2 N–H and O–H groups in total. The van der Waals surface area contributed by atoms with E-state index in [2.05, 4.69) is 25.7 Å². The summed E-state index contributed by atoms with van der Waals surface area (Å²) in [6.45, 7) is 8.66. The van der Waals surface area contributed by atoms with Gasteiger partial charge in [0.2, 0.25) is 16.9 Å². The lowest BCUT2D eigenvalue weighted by atomic mass is 10.1. The van der Waals surface area contributed by atoms with Gasteiger partial charge in [-0.15, -0.1) is 10.2 Å². The smallest absolute Gasteiger partial charge is 0.413 e. The van der Waals surface area contributed by atoms with E-state index < -0.39 is 6.09 Å². The Labute approximate surface area is 201 Å². The van der Waals surface area contributed by atoms with Gasteiger partial charge in [0.05, 0.1) is 18.9 Å². The predicted octanol–water partition coefficient (Wildman–Crippen LogP) is 2.60. The van der Waals surface area contributed by atoms with Gasteiger partial charge in [0.1, 0.15) is 0 Å². The van der Waals surface area contributed by atoms with Gasteiger partial charge in [0, 0.05) is 31.9 Å². The molecule has 0 unspecified atom stereocenters. The van der Waals surface area contributed by atoms with Gasteiger partial charge in [0.25, 0.3) is 0 Å². The average molecular weight is 493 g/mol. The molecule has 0 bridgehead atoms. The normalized spacial score (nSPS) is 14.1. The third-order valence-electron chi connectivity index (χ3n) is 5.05. The van der Waals surface area contributed by atoms with Gasteiger partial charge < -0.3 is 15.0 Å². The van der Waals surface area contributed by atoms with E-state index in [4.69, 9.17) is 4.74 Å². The minimum atomic E-state index is -0.582. The minimum Gasteiger partial charge on any atom is -0.450 e. The van der Waals surface area contributed by atoms with Gasteiger partial charge in [-0.25, -0.2) is 4.79 Å². The number of aromatic nitrogens is 2. The molecule has 0 spiro atoms. The van der Waals surface area contributed by atoms with Gasteiger partial charge in [-0.1, -0.05) is 41.3 Å². The van der Waals surface area contributed by atoms with E-state index in [-0.39, 0.29) is 24.2 Å². The lowest BCUT2D eigenvalue weighted by molar-refractivity contribution is -0.130. The quantitative estimate of drug-likeness (QED) is 0.427. The van der Waals surface area contributed by atoms with Crippen molar-refractivity contribution in [2.75, 3.05) is 55.7 Å². The number of carbonyl (C=O) groups is 3. The number of anilines is 2. The van der Waals surface area contributed by atoms with E-state index in [1.165, 1.54) is 23.1 Å². The summed E-state index contributed by atoms with van der Waals surface area (Å²) in [6.07, 6.45) is -0.582. The van der Waals surface area contributed by atoms with Crippen molar-refractivity contribution in [3.63, 3.8) is 0 Å². The SMILES string of the molecule is CCOC(=O)Nc1nnc(SCC(=O)N2CCN(CC(=O)Nc3c(C)cccc3C)CC2)s1. The second-order valence-electron chi connectivity index (χ2n) is 7.48. The van der Waals surface area contributed by atoms with E-state index in [0.29, 0.717) is 42.2 Å². The molecule has 1 aromatic heterocycles. The maximum Gasteiger partial charge on any atom is 0.413 e. The van der Waals surface area contributed by atoms with Crippen LogP contribution in [-0.2, 0) is 14.3 Å². The highest BCUT2D eigenvalue weighted by atomic mass is 32.2. The fourth-order valence-corrected chi connectivity index (χ4v) is 4.98. The number of ether oxygens (including phenoxy) is 1. The number of aryl methyl sites for hydroxylation is 2. The van der Waals surface area contributed by atoms with Crippen LogP contribution in [0.25, 0.3) is 0 Å². The van der Waals surface area contributed by atoms with Gasteiger partial charge in [-0.05, 0) is 31.9 Å². The van der Waals surface area contributed by atoms with Crippen molar-refractivity contribution in [3.05, 3.63) is 29.3 Å². The molecule has 1 saturated heterocycles. The molecule has 0 radical (unpaired) electrons. The Balaban J connectivity index is 1.39. The molecular weight excluding hydrogens is 464 g/mol. The summed E-state index contributed by atoms with van der Waals surface area (Å²) >= 11 is 2.47. The number of rotatable bonds is 8. The number of nitrogens with one attached hydrogen (secondary N) is 2. The van der Waals surface area contributed by atoms with Crippen LogP contribution in [0.4, 0.5) is 15.6 Å². The molecule has 0 atom stereocenters. The Hall–Kier alpha value is -2.70. The predicted molar refractivity (Wildman–Crippen MR) is 129 cm³/mol. The second kappa shape index (κ2) is 12.0. The molecule has 1 aliphatic rings. The zero-order valence-corrected chi connectivity index (χ0v) is 20.6. The maximum absolute atomic E-state index is 12.6. The van der Waals surface area contributed by atoms with Crippen molar-refractivity contribution in [1.29, 1.82) is 0 Å². The number of hydrogen-bond donors (Lipinski definition) is 2. The molecule has 2 aromatic rings. The van der Waals surface area contributed by atoms with E-state index in [1.807, 2.05) is 32.0 Å². The summed E-state index contributed by atoms with van der Waals surface area (Å²) < 4.78 is 5.39. The molecule has 1 fully saturated rings. The summed E-state index contributed by atoms with van der Waals surface area (Å²) in [5, 5.41) is 13.7. The number of thioether (sulfide) groups is 1. The highest BCUT2D eigenvalue weighted by Crippen LogP contribution is 2.26. The number of hydrogen-bond acceptors (Lipinski definition) is 9. The van der Waals surface area contributed by atoms with E-state index in [9.17, 15) is 14.4 Å². The zero-order valence-electron chi connectivity index (χ0n) is 18.9. The standard InChI is InChI=1S/C21H28N6O4S2/c1-4-31-20(30)23-19-24-25-21(33-19)32-13-17(29)27-10-8-26(9-11-27)12-16(28)22-18-14(2)6-5-7-15(18)3/h5-7H,4,8-13H2,1-3H3,(H,22,28)(H,23,24,30). The lowest BCUT2D eigenvalue weighted by Crippen LogP contribution is -2.50. The molecule has 12 heteroatoms. The van der Waals surface area contributed by atoms with Crippen LogP contribution in [0.2, 0.25) is 0 Å². The van der Waals surface area contributed by atoms with Crippen LogP contribution in [0, 0.1) is 13.8 Å². The van der Waals surface area contributed by atoms with Crippen LogP contribution in [0.15, 0.2) is 22.5 Å². The third kappa shape index (κ3) is 7.41.